The third-order valence-electron chi connectivity index (χ3n) is 3.51. The van der Waals surface area contributed by atoms with Crippen molar-refractivity contribution in [2.75, 3.05) is 0 Å². The maximum atomic E-state index is 10.8. The van der Waals surface area contributed by atoms with Crippen molar-refractivity contribution in [1.29, 1.82) is 0 Å². The summed E-state index contributed by atoms with van der Waals surface area (Å²) in [5.74, 6) is -0.245. The van der Waals surface area contributed by atoms with Crippen LogP contribution < -0.4 is 0 Å². The predicted molar refractivity (Wildman–Crippen MR) is 91.3 cm³/mol. The SMILES string of the molecule is O=[N+]([O-])c1nc(C[c-]2cccc2)c(Cc2cn[nH]n2)[nH]1.[Fe+2].c1cc[cH-]c1. The molecule has 134 valence electrons. The molecule has 0 radical (unpaired) electrons. The van der Waals surface area contributed by atoms with Crippen LogP contribution in [0.2, 0.25) is 0 Å². The predicted octanol–water partition coefficient (Wildman–Crippen LogP) is 2.74. The molecule has 0 aliphatic carbocycles. The molecule has 9 heteroatoms. The van der Waals surface area contributed by atoms with Gasteiger partial charge in [0, 0.05) is 0 Å². The number of H-pyrrole nitrogens is 2. The van der Waals surface area contributed by atoms with Crippen LogP contribution in [0.25, 0.3) is 0 Å². The molecule has 0 saturated carbocycles. The van der Waals surface area contributed by atoms with Crippen LogP contribution in [-0.4, -0.2) is 30.3 Å². The second kappa shape index (κ2) is 9.45. The van der Waals surface area contributed by atoms with Crippen LogP contribution in [0, 0.1) is 10.1 Å². The normalized spacial score (nSPS) is 9.85. The zero-order valence-electron chi connectivity index (χ0n) is 13.6. The van der Waals surface area contributed by atoms with Gasteiger partial charge in [-0.2, -0.15) is 51.3 Å². The molecule has 0 aliphatic rings. The van der Waals surface area contributed by atoms with Crippen LogP contribution in [0.4, 0.5) is 5.95 Å². The Hall–Kier alpha value is -3.03. The van der Waals surface area contributed by atoms with E-state index < -0.39 is 4.92 Å². The van der Waals surface area contributed by atoms with Crippen molar-refractivity contribution >= 4 is 5.95 Å². The first-order valence-corrected chi connectivity index (χ1v) is 7.66. The van der Waals surface area contributed by atoms with E-state index in [1.54, 1.807) is 6.20 Å². The molecule has 2 aromatic carbocycles. The Morgan fingerprint density at radius 3 is 2.46 bits per heavy atom. The maximum absolute atomic E-state index is 10.8. The molecule has 2 aromatic heterocycles. The molecule has 2 heterocycles. The maximum Gasteiger partial charge on any atom is 2.00 e. The van der Waals surface area contributed by atoms with Crippen LogP contribution in [0.3, 0.4) is 0 Å². The first kappa shape index (κ1) is 19.3. The number of hydrogen-bond acceptors (Lipinski definition) is 5. The Balaban J connectivity index is 0.000000351. The van der Waals surface area contributed by atoms with E-state index in [4.69, 9.17) is 0 Å². The largest absolute Gasteiger partial charge is 2.00 e. The quantitative estimate of drug-likeness (QED) is 0.235. The Kier molecular flexibility index (Phi) is 7.01. The van der Waals surface area contributed by atoms with Gasteiger partial charge in [-0.1, -0.05) is 4.98 Å². The van der Waals surface area contributed by atoms with Gasteiger partial charge in [0.25, 0.3) is 0 Å². The number of aromatic amines is 2. The first-order chi connectivity index (χ1) is 12.2. The minimum Gasteiger partial charge on any atom is -0.390 e. The number of aromatic nitrogens is 5. The summed E-state index contributed by atoms with van der Waals surface area (Å²) in [6.07, 6.45) is 2.55. The van der Waals surface area contributed by atoms with Crippen molar-refractivity contribution in [2.24, 2.45) is 0 Å². The van der Waals surface area contributed by atoms with Gasteiger partial charge in [-0.15, -0.1) is 0 Å². The Bertz CT molecular complexity index is 811. The number of imidazole rings is 1. The molecule has 0 atom stereocenters. The van der Waals surface area contributed by atoms with Crippen molar-refractivity contribution in [3.63, 3.8) is 0 Å². The minimum absolute atomic E-state index is 0. The van der Waals surface area contributed by atoms with Crippen LogP contribution in [0.15, 0.2) is 60.8 Å². The zero-order chi connectivity index (χ0) is 17.5. The zero-order valence-corrected chi connectivity index (χ0v) is 14.8. The second-order valence-electron chi connectivity index (χ2n) is 5.31. The van der Waals surface area contributed by atoms with Gasteiger partial charge in [0.1, 0.15) is 11.4 Å². The molecule has 2 N–H and O–H groups in total. The van der Waals surface area contributed by atoms with Crippen molar-refractivity contribution in [2.45, 2.75) is 12.8 Å². The summed E-state index contributed by atoms with van der Waals surface area (Å²) >= 11 is 0. The average molecular weight is 392 g/mol. The second-order valence-corrected chi connectivity index (χ2v) is 5.31. The van der Waals surface area contributed by atoms with Crippen LogP contribution in [0.5, 0.6) is 0 Å². The molecule has 4 aromatic rings. The number of nitrogens with one attached hydrogen (secondary N) is 2. The molecule has 0 amide bonds. The molecular formula is C17H16FeN6O2. The molecule has 26 heavy (non-hydrogen) atoms. The van der Waals surface area contributed by atoms with E-state index in [2.05, 4.69) is 25.4 Å². The summed E-state index contributed by atoms with van der Waals surface area (Å²) in [4.78, 5) is 17.1. The van der Waals surface area contributed by atoms with Gasteiger partial charge in [0.15, 0.2) is 0 Å². The number of nitro groups is 1. The third-order valence-corrected chi connectivity index (χ3v) is 3.51. The molecule has 4 rings (SSSR count). The van der Waals surface area contributed by atoms with Crippen molar-refractivity contribution in [1.82, 2.24) is 25.4 Å². The fourth-order valence-corrected chi connectivity index (χ4v) is 2.35. The molecule has 0 unspecified atom stereocenters. The van der Waals surface area contributed by atoms with E-state index >= 15 is 0 Å². The molecule has 0 aliphatic heterocycles. The van der Waals surface area contributed by atoms with Gasteiger partial charge in [-0.3, -0.25) is 0 Å². The Morgan fingerprint density at radius 1 is 1.19 bits per heavy atom. The van der Waals surface area contributed by atoms with E-state index in [0.717, 1.165) is 5.56 Å². The van der Waals surface area contributed by atoms with Crippen LogP contribution in [-0.2, 0) is 29.9 Å². The van der Waals surface area contributed by atoms with Gasteiger partial charge < -0.3 is 10.1 Å². The fourth-order valence-electron chi connectivity index (χ4n) is 2.35. The van der Waals surface area contributed by atoms with Gasteiger partial charge in [0.05, 0.1) is 18.3 Å². The fraction of sp³-hybridized carbons (Fsp3) is 0.118. The molecule has 0 fully saturated rings. The molecule has 0 spiro atoms. The summed E-state index contributed by atoms with van der Waals surface area (Å²) in [6.45, 7) is 0. The van der Waals surface area contributed by atoms with Gasteiger partial charge in [0.2, 0.25) is 0 Å². The van der Waals surface area contributed by atoms with Crippen molar-refractivity contribution < 1.29 is 22.0 Å². The van der Waals surface area contributed by atoms with E-state index in [-0.39, 0.29) is 23.0 Å². The first-order valence-electron chi connectivity index (χ1n) is 7.66. The van der Waals surface area contributed by atoms with Gasteiger partial charge >= 0.3 is 23.0 Å². The van der Waals surface area contributed by atoms with Crippen molar-refractivity contribution in [3.05, 3.63) is 93.6 Å². The molecule has 0 saturated heterocycles. The third kappa shape index (κ3) is 5.23. The Morgan fingerprint density at radius 2 is 1.92 bits per heavy atom. The van der Waals surface area contributed by atoms with E-state index in [0.29, 0.717) is 29.9 Å². The summed E-state index contributed by atoms with van der Waals surface area (Å²) in [6, 6.07) is 17.8. The Labute approximate surface area is 160 Å². The van der Waals surface area contributed by atoms with E-state index in [1.165, 1.54) is 0 Å². The summed E-state index contributed by atoms with van der Waals surface area (Å²) in [5.41, 5.74) is 3.11. The van der Waals surface area contributed by atoms with E-state index in [1.807, 2.05) is 54.6 Å². The topological polar surface area (TPSA) is 113 Å². The van der Waals surface area contributed by atoms with Crippen LogP contribution in [0.1, 0.15) is 22.6 Å². The number of nitrogens with zero attached hydrogens (tertiary/aromatic N) is 4. The van der Waals surface area contributed by atoms with Crippen LogP contribution >= 0.6 is 0 Å². The smallest absolute Gasteiger partial charge is 0.390 e. The van der Waals surface area contributed by atoms with Gasteiger partial charge in [-0.05, 0) is 11.3 Å². The van der Waals surface area contributed by atoms with Crippen molar-refractivity contribution in [3.8, 4) is 0 Å². The molecule has 8 nitrogen and oxygen atoms in total. The van der Waals surface area contributed by atoms with E-state index in [9.17, 15) is 10.1 Å². The monoisotopic (exact) mass is 392 g/mol. The molecule has 0 bridgehead atoms. The number of rotatable bonds is 5. The minimum atomic E-state index is -0.527. The standard InChI is InChI=1S/C12H11N6O2.C5H5.Fe/c19-18(20)12-14-10(5-8-3-1-2-4-8)11(15-12)6-9-7-13-17-16-9;1-2-4-5-3-1;/h1-4,7H,5-6H2,(H,14,15)(H,13,16,17);1-5H;/q2*-1;+2. The summed E-state index contributed by atoms with van der Waals surface area (Å²) in [7, 11) is 0. The number of hydrogen-bond donors (Lipinski definition) is 2. The summed E-state index contributed by atoms with van der Waals surface area (Å²) < 4.78 is 0. The molecular weight excluding hydrogens is 376 g/mol. The average Bonchev–Trinajstić information content (AvgIpc) is 3.40. The summed E-state index contributed by atoms with van der Waals surface area (Å²) in [5, 5.41) is 21.0. The van der Waals surface area contributed by atoms with Gasteiger partial charge in [-0.25, -0.2) is 29.2 Å².